The summed E-state index contributed by atoms with van der Waals surface area (Å²) in [6.45, 7) is 5.54. The Labute approximate surface area is 148 Å². The van der Waals surface area contributed by atoms with Crippen LogP contribution in [-0.2, 0) is 9.59 Å². The van der Waals surface area contributed by atoms with Crippen molar-refractivity contribution in [3.8, 4) is 5.75 Å². The maximum absolute atomic E-state index is 12.3. The van der Waals surface area contributed by atoms with Gasteiger partial charge in [0.1, 0.15) is 5.75 Å². The average Bonchev–Trinajstić information content (AvgIpc) is 2.60. The van der Waals surface area contributed by atoms with E-state index in [9.17, 15) is 9.59 Å². The molecule has 0 bridgehead atoms. The van der Waals surface area contributed by atoms with Crippen LogP contribution in [0.4, 0.5) is 11.4 Å². The van der Waals surface area contributed by atoms with Crippen LogP contribution in [0.3, 0.4) is 0 Å². The number of para-hydroxylation sites is 3. The van der Waals surface area contributed by atoms with Crippen molar-refractivity contribution in [3.05, 3.63) is 54.1 Å². The summed E-state index contributed by atoms with van der Waals surface area (Å²) < 4.78 is 5.57. The number of rotatable bonds is 7. The summed E-state index contributed by atoms with van der Waals surface area (Å²) in [7, 11) is 0. The molecule has 0 fully saturated rings. The van der Waals surface area contributed by atoms with Crippen LogP contribution in [0, 0.1) is 0 Å². The molecule has 2 rings (SSSR count). The molecule has 132 valence electrons. The van der Waals surface area contributed by atoms with Gasteiger partial charge < -0.3 is 15.4 Å². The molecular weight excluding hydrogens is 316 g/mol. The van der Waals surface area contributed by atoms with Crippen molar-refractivity contribution in [1.82, 2.24) is 0 Å². The molecule has 0 aliphatic heterocycles. The van der Waals surface area contributed by atoms with E-state index in [-0.39, 0.29) is 18.4 Å². The van der Waals surface area contributed by atoms with Gasteiger partial charge in [0.15, 0.2) is 6.61 Å². The van der Waals surface area contributed by atoms with Gasteiger partial charge in [-0.25, -0.2) is 0 Å². The van der Waals surface area contributed by atoms with Crippen molar-refractivity contribution in [2.45, 2.75) is 33.1 Å². The lowest BCUT2D eigenvalue weighted by atomic mass is 9.97. The molecular formula is C20H24N2O3. The first-order chi connectivity index (χ1) is 12.0. The van der Waals surface area contributed by atoms with Crippen molar-refractivity contribution >= 4 is 23.2 Å². The van der Waals surface area contributed by atoms with Gasteiger partial charge in [0.25, 0.3) is 5.91 Å². The van der Waals surface area contributed by atoms with E-state index >= 15 is 0 Å². The van der Waals surface area contributed by atoms with Gasteiger partial charge >= 0.3 is 0 Å². The second-order valence-corrected chi connectivity index (χ2v) is 5.91. The Morgan fingerprint density at radius 2 is 1.64 bits per heavy atom. The summed E-state index contributed by atoms with van der Waals surface area (Å²) in [6, 6.07) is 14.8. The van der Waals surface area contributed by atoms with Crippen LogP contribution < -0.4 is 15.4 Å². The number of hydrogen-bond acceptors (Lipinski definition) is 3. The minimum atomic E-state index is -0.242. The lowest BCUT2D eigenvalue weighted by Gasteiger charge is -2.16. The van der Waals surface area contributed by atoms with E-state index in [0.717, 1.165) is 17.7 Å². The van der Waals surface area contributed by atoms with Crippen LogP contribution in [0.15, 0.2) is 48.5 Å². The molecule has 5 heteroatoms. The molecule has 0 heterocycles. The molecule has 2 aromatic carbocycles. The maximum Gasteiger partial charge on any atom is 0.262 e. The molecule has 2 amide bonds. The minimum Gasteiger partial charge on any atom is -0.482 e. The van der Waals surface area contributed by atoms with E-state index < -0.39 is 0 Å². The lowest BCUT2D eigenvalue weighted by Crippen LogP contribution is -2.21. The zero-order valence-corrected chi connectivity index (χ0v) is 14.8. The summed E-state index contributed by atoms with van der Waals surface area (Å²) in [5, 5.41) is 5.59. The minimum absolute atomic E-state index is 0.133. The van der Waals surface area contributed by atoms with E-state index in [1.165, 1.54) is 6.92 Å². The first-order valence-electron chi connectivity index (χ1n) is 8.39. The summed E-state index contributed by atoms with van der Waals surface area (Å²) in [4.78, 5) is 23.5. The summed E-state index contributed by atoms with van der Waals surface area (Å²) in [5.74, 6) is 0.386. The summed E-state index contributed by atoms with van der Waals surface area (Å²) in [5.41, 5.74) is 2.46. The van der Waals surface area contributed by atoms with Crippen molar-refractivity contribution in [3.63, 3.8) is 0 Å². The highest BCUT2D eigenvalue weighted by atomic mass is 16.5. The van der Waals surface area contributed by atoms with Gasteiger partial charge in [-0.3, -0.25) is 9.59 Å². The monoisotopic (exact) mass is 340 g/mol. The van der Waals surface area contributed by atoms with Gasteiger partial charge in [-0.1, -0.05) is 44.2 Å². The van der Waals surface area contributed by atoms with Crippen LogP contribution in [0.5, 0.6) is 5.75 Å². The van der Waals surface area contributed by atoms with Crippen LogP contribution in [0.25, 0.3) is 0 Å². The number of carbonyl (C=O) groups is 2. The molecule has 0 unspecified atom stereocenters. The average molecular weight is 340 g/mol. The number of benzene rings is 2. The van der Waals surface area contributed by atoms with Gasteiger partial charge in [0.05, 0.1) is 5.69 Å². The second-order valence-electron chi connectivity index (χ2n) is 5.91. The van der Waals surface area contributed by atoms with Crippen LogP contribution in [0.2, 0.25) is 0 Å². The SMILES string of the molecule is CC[C@H](C)c1ccccc1NC(=O)COc1ccccc1NC(C)=O. The molecule has 2 N–H and O–H groups in total. The quantitative estimate of drug-likeness (QED) is 0.795. The van der Waals surface area contributed by atoms with Crippen molar-refractivity contribution in [1.29, 1.82) is 0 Å². The fraction of sp³-hybridized carbons (Fsp3) is 0.300. The van der Waals surface area contributed by atoms with E-state index in [1.54, 1.807) is 24.3 Å². The van der Waals surface area contributed by atoms with E-state index in [1.807, 2.05) is 24.3 Å². The van der Waals surface area contributed by atoms with E-state index in [0.29, 0.717) is 17.4 Å². The van der Waals surface area contributed by atoms with Crippen LogP contribution in [-0.4, -0.2) is 18.4 Å². The Morgan fingerprint density at radius 3 is 2.32 bits per heavy atom. The number of hydrogen-bond donors (Lipinski definition) is 2. The number of nitrogens with one attached hydrogen (secondary N) is 2. The molecule has 0 spiro atoms. The van der Waals surface area contributed by atoms with E-state index in [2.05, 4.69) is 24.5 Å². The van der Waals surface area contributed by atoms with Gasteiger partial charge in [0.2, 0.25) is 5.91 Å². The Morgan fingerprint density at radius 1 is 1.00 bits per heavy atom. The van der Waals surface area contributed by atoms with Gasteiger partial charge in [-0.2, -0.15) is 0 Å². The van der Waals surface area contributed by atoms with Gasteiger partial charge in [-0.15, -0.1) is 0 Å². The first kappa shape index (κ1) is 18.5. The molecule has 25 heavy (non-hydrogen) atoms. The molecule has 0 saturated heterocycles. The second kappa shape index (κ2) is 8.87. The fourth-order valence-corrected chi connectivity index (χ4v) is 2.48. The first-order valence-corrected chi connectivity index (χ1v) is 8.39. The highest BCUT2D eigenvalue weighted by Crippen LogP contribution is 2.27. The fourth-order valence-electron chi connectivity index (χ4n) is 2.48. The Kier molecular flexibility index (Phi) is 6.57. The Hall–Kier alpha value is -2.82. The third-order valence-electron chi connectivity index (χ3n) is 3.93. The zero-order valence-electron chi connectivity index (χ0n) is 14.8. The van der Waals surface area contributed by atoms with Gasteiger partial charge in [0, 0.05) is 12.6 Å². The zero-order chi connectivity index (χ0) is 18.2. The topological polar surface area (TPSA) is 67.4 Å². The van der Waals surface area contributed by atoms with Crippen molar-refractivity contribution in [2.24, 2.45) is 0 Å². The van der Waals surface area contributed by atoms with Crippen LogP contribution in [0.1, 0.15) is 38.7 Å². The molecule has 0 radical (unpaired) electrons. The molecule has 5 nitrogen and oxygen atoms in total. The lowest BCUT2D eigenvalue weighted by molar-refractivity contribution is -0.118. The smallest absolute Gasteiger partial charge is 0.262 e. The summed E-state index contributed by atoms with van der Waals surface area (Å²) in [6.07, 6.45) is 0.994. The molecule has 0 aromatic heterocycles. The van der Waals surface area contributed by atoms with Crippen molar-refractivity contribution in [2.75, 3.05) is 17.2 Å². The predicted octanol–water partition coefficient (Wildman–Crippen LogP) is 4.18. The third-order valence-corrected chi connectivity index (χ3v) is 3.93. The Balaban J connectivity index is 2.02. The normalized spacial score (nSPS) is 11.5. The molecule has 0 aliphatic carbocycles. The number of carbonyl (C=O) groups excluding carboxylic acids is 2. The molecule has 0 aliphatic rings. The Bertz CT molecular complexity index is 743. The molecule has 0 saturated carbocycles. The number of amides is 2. The molecule has 1 atom stereocenters. The number of anilines is 2. The standard InChI is InChI=1S/C20H24N2O3/c1-4-14(2)16-9-5-6-10-17(16)22-20(24)13-25-19-12-8-7-11-18(19)21-15(3)23/h5-12,14H,4,13H2,1-3H3,(H,21,23)(H,22,24)/t14-/m0/s1. The van der Waals surface area contributed by atoms with Crippen LogP contribution >= 0.6 is 0 Å². The summed E-state index contributed by atoms with van der Waals surface area (Å²) >= 11 is 0. The highest BCUT2D eigenvalue weighted by Gasteiger charge is 2.12. The van der Waals surface area contributed by atoms with Crippen molar-refractivity contribution < 1.29 is 14.3 Å². The third kappa shape index (κ3) is 5.35. The maximum atomic E-state index is 12.3. The van der Waals surface area contributed by atoms with E-state index in [4.69, 9.17) is 4.74 Å². The predicted molar refractivity (Wildman–Crippen MR) is 100 cm³/mol. The number of ether oxygens (including phenoxy) is 1. The largest absolute Gasteiger partial charge is 0.482 e. The highest BCUT2D eigenvalue weighted by molar-refractivity contribution is 5.93. The molecule has 2 aromatic rings. The van der Waals surface area contributed by atoms with Gasteiger partial charge in [-0.05, 0) is 36.1 Å².